The van der Waals surface area contributed by atoms with Crippen LogP contribution in [0.3, 0.4) is 0 Å². The molecule has 150 valence electrons. The first-order valence-electron chi connectivity index (χ1n) is 9.24. The molecule has 0 aliphatic carbocycles. The summed E-state index contributed by atoms with van der Waals surface area (Å²) in [5, 5.41) is 10.2. The Labute approximate surface area is 181 Å². The van der Waals surface area contributed by atoms with Crippen LogP contribution in [0.4, 0.5) is 0 Å². The highest BCUT2D eigenvalue weighted by atomic mass is 35.5. The summed E-state index contributed by atoms with van der Waals surface area (Å²) in [5.74, 6) is 1.17. The second kappa shape index (κ2) is 7.85. The van der Waals surface area contributed by atoms with E-state index in [1.54, 1.807) is 34.2 Å². The third-order valence-corrected chi connectivity index (χ3v) is 5.79. The quantitative estimate of drug-likeness (QED) is 0.481. The second-order valence-electron chi connectivity index (χ2n) is 6.65. The molecular weight excluding hydrogens is 422 g/mol. The van der Waals surface area contributed by atoms with Crippen molar-refractivity contribution in [3.8, 4) is 27.8 Å². The van der Waals surface area contributed by atoms with E-state index in [0.717, 1.165) is 21.8 Å². The molecule has 0 fully saturated rings. The highest BCUT2D eigenvalue weighted by Gasteiger charge is 2.19. The van der Waals surface area contributed by atoms with Gasteiger partial charge in [0, 0.05) is 11.6 Å². The van der Waals surface area contributed by atoms with E-state index in [1.165, 1.54) is 0 Å². The number of hydrogen-bond acceptors (Lipinski definition) is 5. The Balaban J connectivity index is 1.44. The van der Waals surface area contributed by atoms with Gasteiger partial charge in [-0.05, 0) is 53.4 Å². The SMILES string of the molecule is O=C(NCc1ccc2c(c1)OCO2)c1cc(-c2cccs2)nn1-c1cccc(Cl)c1. The van der Waals surface area contributed by atoms with Gasteiger partial charge in [0.1, 0.15) is 11.4 Å². The molecule has 0 saturated carbocycles. The number of ether oxygens (including phenoxy) is 2. The Morgan fingerprint density at radius 3 is 2.83 bits per heavy atom. The summed E-state index contributed by atoms with van der Waals surface area (Å²) in [4.78, 5) is 14.0. The molecule has 0 saturated heterocycles. The van der Waals surface area contributed by atoms with Crippen LogP contribution in [0.25, 0.3) is 16.3 Å². The van der Waals surface area contributed by atoms with Crippen molar-refractivity contribution >= 4 is 28.8 Å². The summed E-state index contributed by atoms with van der Waals surface area (Å²) >= 11 is 7.73. The second-order valence-corrected chi connectivity index (χ2v) is 8.04. The molecule has 2 aromatic heterocycles. The Kier molecular flexibility index (Phi) is 4.90. The normalized spacial score (nSPS) is 12.2. The van der Waals surface area contributed by atoms with Crippen molar-refractivity contribution in [2.24, 2.45) is 0 Å². The fraction of sp³-hybridized carbons (Fsp3) is 0.0909. The summed E-state index contributed by atoms with van der Waals surface area (Å²) in [7, 11) is 0. The summed E-state index contributed by atoms with van der Waals surface area (Å²) in [6, 6.07) is 18.6. The lowest BCUT2D eigenvalue weighted by Gasteiger charge is -2.09. The number of halogens is 1. The number of nitrogens with zero attached hydrogens (tertiary/aromatic N) is 2. The minimum Gasteiger partial charge on any atom is -0.454 e. The summed E-state index contributed by atoms with van der Waals surface area (Å²) in [6.45, 7) is 0.569. The number of fused-ring (bicyclic) bond motifs is 1. The maximum atomic E-state index is 13.1. The molecule has 1 aliphatic heterocycles. The standard InChI is InChI=1S/C22H16ClN3O3S/c23-15-3-1-4-16(10-15)26-18(11-17(25-26)21-5-2-8-30-21)22(27)24-12-14-6-7-19-20(9-14)29-13-28-19/h1-11H,12-13H2,(H,24,27). The van der Waals surface area contributed by atoms with Gasteiger partial charge in [-0.2, -0.15) is 5.10 Å². The molecule has 0 atom stereocenters. The molecule has 0 spiro atoms. The van der Waals surface area contributed by atoms with Gasteiger partial charge in [-0.1, -0.05) is 29.8 Å². The summed E-state index contributed by atoms with van der Waals surface area (Å²) < 4.78 is 12.4. The van der Waals surface area contributed by atoms with Crippen molar-refractivity contribution in [3.63, 3.8) is 0 Å². The number of rotatable bonds is 5. The van der Waals surface area contributed by atoms with Crippen LogP contribution in [0.15, 0.2) is 66.0 Å². The Morgan fingerprint density at radius 1 is 1.10 bits per heavy atom. The topological polar surface area (TPSA) is 65.4 Å². The number of hydrogen-bond donors (Lipinski definition) is 1. The maximum absolute atomic E-state index is 13.1. The van der Waals surface area contributed by atoms with Gasteiger partial charge in [-0.25, -0.2) is 4.68 Å². The van der Waals surface area contributed by atoms with Crippen LogP contribution >= 0.6 is 22.9 Å². The van der Waals surface area contributed by atoms with Crippen LogP contribution in [0, 0.1) is 0 Å². The van der Waals surface area contributed by atoms with Gasteiger partial charge < -0.3 is 14.8 Å². The van der Waals surface area contributed by atoms with E-state index in [1.807, 2.05) is 47.8 Å². The molecule has 1 aliphatic rings. The number of carbonyl (C=O) groups excluding carboxylic acids is 1. The zero-order valence-corrected chi connectivity index (χ0v) is 17.2. The first kappa shape index (κ1) is 18.7. The zero-order valence-electron chi connectivity index (χ0n) is 15.7. The van der Waals surface area contributed by atoms with E-state index in [2.05, 4.69) is 10.4 Å². The van der Waals surface area contributed by atoms with Crippen molar-refractivity contribution in [2.45, 2.75) is 6.54 Å². The number of nitrogens with one attached hydrogen (secondary N) is 1. The fourth-order valence-electron chi connectivity index (χ4n) is 3.22. The van der Waals surface area contributed by atoms with E-state index < -0.39 is 0 Å². The maximum Gasteiger partial charge on any atom is 0.270 e. The molecular formula is C22H16ClN3O3S. The predicted octanol–water partition coefficient (Wildman–Crippen LogP) is 4.91. The first-order valence-corrected chi connectivity index (χ1v) is 10.5. The van der Waals surface area contributed by atoms with E-state index in [0.29, 0.717) is 28.8 Å². The molecule has 2 aromatic carbocycles. The van der Waals surface area contributed by atoms with Gasteiger partial charge in [-0.3, -0.25) is 4.79 Å². The molecule has 4 aromatic rings. The number of thiophene rings is 1. The molecule has 0 radical (unpaired) electrons. The highest BCUT2D eigenvalue weighted by molar-refractivity contribution is 7.13. The number of benzene rings is 2. The highest BCUT2D eigenvalue weighted by Crippen LogP contribution is 2.32. The first-order chi connectivity index (χ1) is 14.7. The van der Waals surface area contributed by atoms with Crippen LogP contribution < -0.4 is 14.8 Å². The van der Waals surface area contributed by atoms with Crippen molar-refractivity contribution in [2.75, 3.05) is 6.79 Å². The van der Waals surface area contributed by atoms with Crippen molar-refractivity contribution in [1.29, 1.82) is 0 Å². The minimum atomic E-state index is -0.233. The molecule has 0 unspecified atom stereocenters. The number of amides is 1. The molecule has 3 heterocycles. The van der Waals surface area contributed by atoms with Crippen molar-refractivity contribution in [3.05, 3.63) is 82.3 Å². The van der Waals surface area contributed by atoms with E-state index in [-0.39, 0.29) is 12.7 Å². The largest absolute Gasteiger partial charge is 0.454 e. The molecule has 1 N–H and O–H groups in total. The lowest BCUT2D eigenvalue weighted by Crippen LogP contribution is -2.25. The van der Waals surface area contributed by atoms with Gasteiger partial charge >= 0.3 is 0 Å². The van der Waals surface area contributed by atoms with Crippen molar-refractivity contribution in [1.82, 2.24) is 15.1 Å². The molecule has 5 rings (SSSR count). The molecule has 1 amide bonds. The van der Waals surface area contributed by atoms with Gasteiger partial charge in [-0.15, -0.1) is 11.3 Å². The average Bonchev–Trinajstić information content (AvgIpc) is 3.51. The Bertz CT molecular complexity index is 1220. The fourth-order valence-corrected chi connectivity index (χ4v) is 4.08. The van der Waals surface area contributed by atoms with Crippen LogP contribution in [0.1, 0.15) is 16.1 Å². The lowest BCUT2D eigenvalue weighted by molar-refractivity contribution is 0.0943. The Hall–Kier alpha value is -3.29. The van der Waals surface area contributed by atoms with Crippen molar-refractivity contribution < 1.29 is 14.3 Å². The number of aromatic nitrogens is 2. The van der Waals surface area contributed by atoms with E-state index in [4.69, 9.17) is 21.1 Å². The molecule has 30 heavy (non-hydrogen) atoms. The van der Waals surface area contributed by atoms with E-state index >= 15 is 0 Å². The smallest absolute Gasteiger partial charge is 0.270 e. The lowest BCUT2D eigenvalue weighted by atomic mass is 10.2. The van der Waals surface area contributed by atoms with Gasteiger partial charge in [0.2, 0.25) is 6.79 Å². The summed E-state index contributed by atoms with van der Waals surface area (Å²) in [6.07, 6.45) is 0. The zero-order chi connectivity index (χ0) is 20.5. The van der Waals surface area contributed by atoms with Gasteiger partial charge in [0.05, 0.1) is 10.6 Å². The minimum absolute atomic E-state index is 0.218. The number of carbonyl (C=O) groups is 1. The van der Waals surface area contributed by atoms with Crippen LogP contribution in [0.2, 0.25) is 5.02 Å². The van der Waals surface area contributed by atoms with Crippen LogP contribution in [-0.2, 0) is 6.54 Å². The molecule has 0 bridgehead atoms. The predicted molar refractivity (Wildman–Crippen MR) is 116 cm³/mol. The third kappa shape index (κ3) is 3.65. The van der Waals surface area contributed by atoms with Gasteiger partial charge in [0.25, 0.3) is 5.91 Å². The van der Waals surface area contributed by atoms with Crippen LogP contribution in [0.5, 0.6) is 11.5 Å². The Morgan fingerprint density at radius 2 is 2.00 bits per heavy atom. The monoisotopic (exact) mass is 437 g/mol. The van der Waals surface area contributed by atoms with Crippen LogP contribution in [-0.4, -0.2) is 22.5 Å². The molecule has 6 nitrogen and oxygen atoms in total. The summed E-state index contributed by atoms with van der Waals surface area (Å²) in [5.41, 5.74) is 2.80. The van der Waals surface area contributed by atoms with E-state index in [9.17, 15) is 4.79 Å². The van der Waals surface area contributed by atoms with Gasteiger partial charge in [0.15, 0.2) is 11.5 Å². The molecule has 8 heteroatoms. The average molecular weight is 438 g/mol. The third-order valence-electron chi connectivity index (χ3n) is 4.66.